The molecule has 1 atom stereocenters. The van der Waals surface area contributed by atoms with Gasteiger partial charge in [0, 0.05) is 11.2 Å². The number of nitrogens with one attached hydrogen (secondary N) is 1. The number of ketones is 1. The van der Waals surface area contributed by atoms with Crippen molar-refractivity contribution in [3.05, 3.63) is 73.4 Å². The molecule has 1 aliphatic rings. The Morgan fingerprint density at radius 3 is 2.17 bits per heavy atom. The van der Waals surface area contributed by atoms with Gasteiger partial charge in [-0.25, -0.2) is 4.90 Å². The second-order valence-electron chi connectivity index (χ2n) is 6.55. The van der Waals surface area contributed by atoms with Crippen molar-refractivity contribution in [3.8, 4) is 0 Å². The van der Waals surface area contributed by atoms with E-state index in [0.29, 0.717) is 0 Å². The Balaban J connectivity index is 1.82. The molecule has 4 rings (SSSR count). The van der Waals surface area contributed by atoms with Gasteiger partial charge in [0.25, 0.3) is 11.8 Å². The molecule has 0 spiro atoms. The number of rotatable bonds is 4. The van der Waals surface area contributed by atoms with Crippen molar-refractivity contribution in [1.29, 1.82) is 0 Å². The van der Waals surface area contributed by atoms with Gasteiger partial charge in [-0.1, -0.05) is 35.3 Å². The van der Waals surface area contributed by atoms with Crippen molar-refractivity contribution in [3.63, 3.8) is 0 Å². The van der Waals surface area contributed by atoms with Crippen LogP contribution in [0.2, 0.25) is 10.0 Å². The SMILES string of the molecule is CC(=O)c1c([S+]([O-])CN2C(=O)c3ccccc3C2=O)[nH]c2c(Cl)ccc(Cl)c2c1=O. The molecule has 1 N–H and O–H groups in total. The predicted molar refractivity (Wildman–Crippen MR) is 113 cm³/mol. The van der Waals surface area contributed by atoms with Crippen LogP contribution in [-0.4, -0.2) is 37.9 Å². The molecule has 2 amide bonds. The van der Waals surface area contributed by atoms with Crippen LogP contribution in [0.4, 0.5) is 0 Å². The van der Waals surface area contributed by atoms with Gasteiger partial charge in [0.05, 0.1) is 32.1 Å². The number of Topliss-reactive ketones (excluding diaryl/α,β-unsaturated/α-hetero) is 1. The van der Waals surface area contributed by atoms with Gasteiger partial charge >= 0.3 is 0 Å². The smallest absolute Gasteiger partial charge is 0.265 e. The summed E-state index contributed by atoms with van der Waals surface area (Å²) in [6, 6.07) is 9.10. The molecule has 1 aromatic heterocycles. The number of carbonyl (C=O) groups excluding carboxylic acids is 3. The zero-order valence-corrected chi connectivity index (χ0v) is 17.7. The second-order valence-corrected chi connectivity index (χ2v) is 8.72. The Hall–Kier alpha value is -2.65. The normalized spacial score (nSPS) is 14.3. The van der Waals surface area contributed by atoms with E-state index in [0.717, 1.165) is 11.8 Å². The number of nitrogens with zero attached hydrogens (tertiary/aromatic N) is 1. The molecule has 0 fully saturated rings. The molecule has 0 radical (unpaired) electrons. The molecule has 30 heavy (non-hydrogen) atoms. The highest BCUT2D eigenvalue weighted by atomic mass is 35.5. The summed E-state index contributed by atoms with van der Waals surface area (Å²) in [5.41, 5.74) is -0.567. The molecular weight excluding hydrogens is 451 g/mol. The van der Waals surface area contributed by atoms with Crippen molar-refractivity contribution < 1.29 is 18.9 Å². The van der Waals surface area contributed by atoms with Gasteiger partial charge in [-0.2, -0.15) is 0 Å². The van der Waals surface area contributed by atoms with Crippen LogP contribution in [0.1, 0.15) is 38.0 Å². The fourth-order valence-electron chi connectivity index (χ4n) is 3.33. The molecule has 0 saturated heterocycles. The highest BCUT2D eigenvalue weighted by molar-refractivity contribution is 7.91. The van der Waals surface area contributed by atoms with E-state index in [4.69, 9.17) is 23.2 Å². The first-order chi connectivity index (χ1) is 14.2. The van der Waals surface area contributed by atoms with Crippen molar-refractivity contribution >= 4 is 62.9 Å². The van der Waals surface area contributed by atoms with Gasteiger partial charge in [0.15, 0.2) is 11.7 Å². The van der Waals surface area contributed by atoms with E-state index in [1.807, 2.05) is 0 Å². The number of pyridine rings is 1. The first kappa shape index (κ1) is 20.6. The van der Waals surface area contributed by atoms with E-state index in [9.17, 15) is 23.7 Å². The Labute approximate surface area is 182 Å². The first-order valence-electron chi connectivity index (χ1n) is 8.61. The van der Waals surface area contributed by atoms with Crippen LogP contribution in [0.5, 0.6) is 0 Å². The molecular formula is C20H12Cl2N2O5S. The average Bonchev–Trinajstić information content (AvgIpc) is 2.95. The summed E-state index contributed by atoms with van der Waals surface area (Å²) in [6.45, 7) is 1.15. The molecule has 1 unspecified atom stereocenters. The van der Waals surface area contributed by atoms with Crippen LogP contribution >= 0.6 is 23.2 Å². The standard InChI is InChI=1S/C20H12Cl2N2O5S/c1-9(25)14-17(26)15-12(21)6-7-13(22)16(15)23-18(14)30(29)8-24-19(27)10-4-2-3-5-11(10)20(24)28/h2-7H,8H2,1H3,(H,23,26). The third kappa shape index (κ3) is 3.13. The summed E-state index contributed by atoms with van der Waals surface area (Å²) < 4.78 is 13.1. The number of fused-ring (bicyclic) bond motifs is 2. The van der Waals surface area contributed by atoms with Crippen LogP contribution in [-0.2, 0) is 11.2 Å². The maximum Gasteiger partial charge on any atom is 0.265 e. The van der Waals surface area contributed by atoms with Crippen LogP contribution in [0.25, 0.3) is 10.9 Å². The van der Waals surface area contributed by atoms with E-state index >= 15 is 0 Å². The molecule has 0 bridgehead atoms. The van der Waals surface area contributed by atoms with Crippen molar-refractivity contribution in [2.24, 2.45) is 0 Å². The van der Waals surface area contributed by atoms with E-state index in [-0.39, 0.29) is 42.7 Å². The van der Waals surface area contributed by atoms with Crippen LogP contribution in [0.15, 0.2) is 46.2 Å². The average molecular weight is 463 g/mol. The lowest BCUT2D eigenvalue weighted by molar-refractivity contribution is 0.0680. The predicted octanol–water partition coefficient (Wildman–Crippen LogP) is 3.40. The number of aromatic amines is 1. The van der Waals surface area contributed by atoms with E-state index in [1.54, 1.807) is 12.1 Å². The number of H-pyrrole nitrogens is 1. The van der Waals surface area contributed by atoms with Crippen molar-refractivity contribution in [2.45, 2.75) is 11.9 Å². The largest absolute Gasteiger partial charge is 0.609 e. The molecule has 0 aliphatic carbocycles. The zero-order valence-electron chi connectivity index (χ0n) is 15.3. The zero-order chi connectivity index (χ0) is 21.7. The number of hydrogen-bond acceptors (Lipinski definition) is 5. The lowest BCUT2D eigenvalue weighted by Crippen LogP contribution is -2.36. The highest BCUT2D eigenvalue weighted by Crippen LogP contribution is 2.30. The Morgan fingerprint density at radius 1 is 1.03 bits per heavy atom. The van der Waals surface area contributed by atoms with Gasteiger partial charge in [0.1, 0.15) is 5.56 Å². The van der Waals surface area contributed by atoms with Gasteiger partial charge in [-0.05, 0) is 31.2 Å². The number of halogens is 2. The summed E-state index contributed by atoms with van der Waals surface area (Å²) >= 11 is 10.2. The minimum Gasteiger partial charge on any atom is -0.609 e. The minimum atomic E-state index is -2.11. The minimum absolute atomic E-state index is 0.00385. The number of aromatic nitrogens is 1. The summed E-state index contributed by atoms with van der Waals surface area (Å²) in [5, 5.41) is -0.00650. The number of benzene rings is 2. The van der Waals surface area contributed by atoms with Crippen molar-refractivity contribution in [2.75, 3.05) is 5.88 Å². The number of hydrogen-bond donors (Lipinski definition) is 1. The van der Waals surface area contributed by atoms with Crippen LogP contribution in [0, 0.1) is 0 Å². The van der Waals surface area contributed by atoms with E-state index in [2.05, 4.69) is 4.98 Å². The third-order valence-corrected chi connectivity index (χ3v) is 6.61. The van der Waals surface area contributed by atoms with Crippen molar-refractivity contribution in [1.82, 2.24) is 9.88 Å². The molecule has 2 aromatic carbocycles. The summed E-state index contributed by atoms with van der Waals surface area (Å²) in [6.07, 6.45) is 0. The summed E-state index contributed by atoms with van der Waals surface area (Å²) in [5.74, 6) is -2.37. The summed E-state index contributed by atoms with van der Waals surface area (Å²) in [4.78, 5) is 53.9. The lowest BCUT2D eigenvalue weighted by atomic mass is 10.1. The van der Waals surface area contributed by atoms with Gasteiger partial charge in [-0.3, -0.25) is 19.2 Å². The fraction of sp³-hybridized carbons (Fsp3) is 0.100. The highest BCUT2D eigenvalue weighted by Gasteiger charge is 2.39. The lowest BCUT2D eigenvalue weighted by Gasteiger charge is -2.18. The Morgan fingerprint density at radius 2 is 1.60 bits per heavy atom. The summed E-state index contributed by atoms with van der Waals surface area (Å²) in [7, 11) is 0. The maximum atomic E-state index is 13.1. The molecule has 1 aliphatic heterocycles. The monoisotopic (exact) mass is 462 g/mol. The van der Waals surface area contributed by atoms with Gasteiger partial charge < -0.3 is 9.54 Å². The number of imide groups is 1. The molecule has 7 nitrogen and oxygen atoms in total. The maximum absolute atomic E-state index is 13.1. The first-order valence-corrected chi connectivity index (χ1v) is 10.7. The second kappa shape index (κ2) is 7.55. The van der Waals surface area contributed by atoms with E-state index < -0.39 is 40.1 Å². The molecule has 10 heteroatoms. The Bertz CT molecular complexity index is 1290. The van der Waals surface area contributed by atoms with Crippen LogP contribution in [0.3, 0.4) is 0 Å². The number of amides is 2. The topological polar surface area (TPSA) is 110 Å². The molecule has 3 aromatic rings. The van der Waals surface area contributed by atoms with Gasteiger partial charge in [-0.15, -0.1) is 0 Å². The van der Waals surface area contributed by atoms with E-state index in [1.165, 1.54) is 24.3 Å². The Kier molecular flexibility index (Phi) is 5.19. The molecule has 0 saturated carbocycles. The molecule has 152 valence electrons. The quantitative estimate of drug-likeness (QED) is 0.362. The molecule has 2 heterocycles. The fourth-order valence-corrected chi connectivity index (χ4v) is 5.06. The number of carbonyl (C=O) groups is 3. The third-order valence-electron chi connectivity index (χ3n) is 4.73. The van der Waals surface area contributed by atoms with Gasteiger partial charge in [0.2, 0.25) is 10.5 Å². The van der Waals surface area contributed by atoms with Crippen LogP contribution < -0.4 is 5.43 Å².